The molecule has 1 fully saturated rings. The first kappa shape index (κ1) is 16.3. The van der Waals surface area contributed by atoms with Crippen LogP contribution in [0.3, 0.4) is 0 Å². The number of amides is 1. The van der Waals surface area contributed by atoms with Gasteiger partial charge in [-0.3, -0.25) is 4.79 Å². The van der Waals surface area contributed by atoms with E-state index in [4.69, 9.17) is 5.73 Å². The van der Waals surface area contributed by atoms with E-state index in [1.54, 1.807) is 18.2 Å². The van der Waals surface area contributed by atoms with Gasteiger partial charge in [-0.2, -0.15) is 0 Å². The summed E-state index contributed by atoms with van der Waals surface area (Å²) in [5.74, 6) is 0.181. The van der Waals surface area contributed by atoms with Crippen molar-refractivity contribution >= 4 is 27.5 Å². The van der Waals surface area contributed by atoms with Crippen LogP contribution in [0.4, 0.5) is 5.69 Å². The SMILES string of the molecule is CC1C(N)CCC(C(=O)Nc2cccc(Br)c2O)C1(C)C. The van der Waals surface area contributed by atoms with E-state index in [1.807, 2.05) is 0 Å². The third kappa shape index (κ3) is 3.09. The molecule has 0 bridgehead atoms. The monoisotopic (exact) mass is 354 g/mol. The number of halogens is 1. The number of nitrogens with one attached hydrogen (secondary N) is 1. The van der Waals surface area contributed by atoms with Crippen molar-refractivity contribution in [3.05, 3.63) is 22.7 Å². The van der Waals surface area contributed by atoms with Gasteiger partial charge in [-0.25, -0.2) is 0 Å². The second-order valence-corrected chi connectivity index (χ2v) is 7.38. The van der Waals surface area contributed by atoms with Crippen LogP contribution in [0.5, 0.6) is 5.75 Å². The van der Waals surface area contributed by atoms with E-state index in [-0.39, 0.29) is 34.9 Å². The second-order valence-electron chi connectivity index (χ2n) is 6.53. The van der Waals surface area contributed by atoms with Gasteiger partial charge in [0, 0.05) is 12.0 Å². The largest absolute Gasteiger partial charge is 0.505 e. The Morgan fingerprint density at radius 3 is 2.76 bits per heavy atom. The van der Waals surface area contributed by atoms with Crippen molar-refractivity contribution in [3.8, 4) is 5.75 Å². The Balaban J connectivity index is 2.18. The van der Waals surface area contributed by atoms with Crippen LogP contribution in [0, 0.1) is 17.3 Å². The topological polar surface area (TPSA) is 75.4 Å². The fourth-order valence-corrected chi connectivity index (χ4v) is 3.52. The Labute approximate surface area is 134 Å². The molecule has 21 heavy (non-hydrogen) atoms. The van der Waals surface area contributed by atoms with E-state index in [0.717, 1.165) is 12.8 Å². The molecule has 2 rings (SSSR count). The van der Waals surface area contributed by atoms with Gasteiger partial charge in [-0.15, -0.1) is 0 Å². The van der Waals surface area contributed by atoms with E-state index < -0.39 is 0 Å². The first-order valence-corrected chi connectivity index (χ1v) is 8.08. The molecule has 5 heteroatoms. The minimum absolute atomic E-state index is 0.0489. The number of para-hydroxylation sites is 1. The number of nitrogens with two attached hydrogens (primary N) is 1. The molecule has 1 amide bonds. The standard InChI is InChI=1S/C16H23BrN2O2/c1-9-12(18)8-7-10(16(9,2)3)15(21)19-13-6-4-5-11(17)14(13)20/h4-6,9-10,12,20H,7-8,18H2,1-3H3,(H,19,21). The molecule has 4 N–H and O–H groups in total. The quantitative estimate of drug-likeness (QED) is 0.711. The molecule has 0 aliphatic heterocycles. The summed E-state index contributed by atoms with van der Waals surface area (Å²) >= 11 is 3.25. The molecular weight excluding hydrogens is 332 g/mol. The molecule has 1 saturated carbocycles. The summed E-state index contributed by atoms with van der Waals surface area (Å²) in [6.07, 6.45) is 1.63. The van der Waals surface area contributed by atoms with Gasteiger partial charge < -0.3 is 16.2 Å². The molecule has 0 spiro atoms. The number of carbonyl (C=O) groups excluding carboxylic acids is 1. The zero-order valence-corrected chi connectivity index (χ0v) is 14.3. The highest BCUT2D eigenvalue weighted by Gasteiger charge is 2.45. The number of aromatic hydroxyl groups is 1. The van der Waals surface area contributed by atoms with Crippen LogP contribution in [0.2, 0.25) is 0 Å². The van der Waals surface area contributed by atoms with Crippen LogP contribution in [0.1, 0.15) is 33.6 Å². The molecule has 0 saturated heterocycles. The smallest absolute Gasteiger partial charge is 0.228 e. The Morgan fingerprint density at radius 1 is 1.43 bits per heavy atom. The van der Waals surface area contributed by atoms with Crippen LogP contribution in [0.15, 0.2) is 22.7 Å². The maximum absolute atomic E-state index is 12.6. The summed E-state index contributed by atoms with van der Waals surface area (Å²) in [6, 6.07) is 5.35. The van der Waals surface area contributed by atoms with Crippen molar-refractivity contribution in [2.45, 2.75) is 39.7 Å². The summed E-state index contributed by atoms with van der Waals surface area (Å²) < 4.78 is 0.568. The number of phenolic OH excluding ortho intramolecular Hbond substituents is 1. The maximum Gasteiger partial charge on any atom is 0.228 e. The van der Waals surface area contributed by atoms with Crippen molar-refractivity contribution in [2.75, 3.05) is 5.32 Å². The first-order valence-electron chi connectivity index (χ1n) is 7.29. The summed E-state index contributed by atoms with van der Waals surface area (Å²) in [6.45, 7) is 6.31. The molecular formula is C16H23BrN2O2. The fourth-order valence-electron chi connectivity index (χ4n) is 3.16. The maximum atomic E-state index is 12.6. The highest BCUT2D eigenvalue weighted by molar-refractivity contribution is 9.10. The van der Waals surface area contributed by atoms with Crippen molar-refractivity contribution in [2.24, 2.45) is 23.0 Å². The number of benzene rings is 1. The lowest BCUT2D eigenvalue weighted by atomic mass is 9.61. The normalized spacial score (nSPS) is 28.1. The lowest BCUT2D eigenvalue weighted by Gasteiger charge is -2.46. The number of hydrogen-bond donors (Lipinski definition) is 3. The summed E-state index contributed by atoms with van der Waals surface area (Å²) in [5.41, 5.74) is 6.41. The average Bonchev–Trinajstić information content (AvgIpc) is 2.41. The predicted molar refractivity (Wildman–Crippen MR) is 88.1 cm³/mol. The number of phenols is 1. The van der Waals surface area contributed by atoms with Crippen LogP contribution < -0.4 is 11.1 Å². The van der Waals surface area contributed by atoms with Crippen molar-refractivity contribution < 1.29 is 9.90 Å². The Bertz CT molecular complexity index is 545. The Kier molecular flexibility index (Phi) is 4.63. The number of carbonyl (C=O) groups is 1. The minimum Gasteiger partial charge on any atom is -0.505 e. The molecule has 0 heterocycles. The van der Waals surface area contributed by atoms with Gasteiger partial charge >= 0.3 is 0 Å². The van der Waals surface area contributed by atoms with E-state index >= 15 is 0 Å². The van der Waals surface area contributed by atoms with Gasteiger partial charge in [0.25, 0.3) is 0 Å². The average molecular weight is 355 g/mol. The lowest BCUT2D eigenvalue weighted by molar-refractivity contribution is -0.127. The number of hydrogen-bond acceptors (Lipinski definition) is 3. The van der Waals surface area contributed by atoms with Gasteiger partial charge in [0.15, 0.2) is 5.75 Å². The summed E-state index contributed by atoms with van der Waals surface area (Å²) in [7, 11) is 0. The molecule has 0 radical (unpaired) electrons. The third-order valence-electron chi connectivity index (χ3n) is 5.06. The molecule has 1 aliphatic rings. The van der Waals surface area contributed by atoms with E-state index in [0.29, 0.717) is 10.2 Å². The zero-order chi connectivity index (χ0) is 15.8. The van der Waals surface area contributed by atoms with Crippen LogP contribution in [-0.2, 0) is 4.79 Å². The molecule has 3 atom stereocenters. The van der Waals surface area contributed by atoms with E-state index in [9.17, 15) is 9.90 Å². The molecule has 1 aromatic rings. The van der Waals surface area contributed by atoms with Gasteiger partial charge in [0.05, 0.1) is 10.2 Å². The Hall–Kier alpha value is -1.07. The van der Waals surface area contributed by atoms with Gasteiger partial charge in [-0.1, -0.05) is 26.8 Å². The second kappa shape index (κ2) is 5.97. The number of anilines is 1. The van der Waals surface area contributed by atoms with Crippen LogP contribution >= 0.6 is 15.9 Å². The lowest BCUT2D eigenvalue weighted by Crippen LogP contribution is -2.50. The molecule has 4 nitrogen and oxygen atoms in total. The van der Waals surface area contributed by atoms with Gasteiger partial charge in [-0.05, 0) is 52.2 Å². The molecule has 1 aliphatic carbocycles. The summed E-state index contributed by atoms with van der Waals surface area (Å²) in [4.78, 5) is 12.6. The number of rotatable bonds is 2. The summed E-state index contributed by atoms with van der Waals surface area (Å²) in [5, 5.41) is 12.8. The highest BCUT2D eigenvalue weighted by atomic mass is 79.9. The first-order chi connectivity index (χ1) is 9.75. The molecule has 1 aromatic carbocycles. The van der Waals surface area contributed by atoms with Crippen LogP contribution in [0.25, 0.3) is 0 Å². The van der Waals surface area contributed by atoms with Crippen molar-refractivity contribution in [3.63, 3.8) is 0 Å². The molecule has 0 aromatic heterocycles. The van der Waals surface area contributed by atoms with Crippen molar-refractivity contribution in [1.82, 2.24) is 0 Å². The van der Waals surface area contributed by atoms with Gasteiger partial charge in [0.2, 0.25) is 5.91 Å². The molecule has 116 valence electrons. The fraction of sp³-hybridized carbons (Fsp3) is 0.562. The van der Waals surface area contributed by atoms with E-state index in [1.165, 1.54) is 0 Å². The van der Waals surface area contributed by atoms with Gasteiger partial charge in [0.1, 0.15) is 0 Å². The third-order valence-corrected chi connectivity index (χ3v) is 5.70. The van der Waals surface area contributed by atoms with Crippen molar-refractivity contribution in [1.29, 1.82) is 0 Å². The minimum atomic E-state index is -0.163. The highest BCUT2D eigenvalue weighted by Crippen LogP contribution is 2.45. The molecule has 3 unspecified atom stereocenters. The Morgan fingerprint density at radius 2 is 2.10 bits per heavy atom. The zero-order valence-electron chi connectivity index (χ0n) is 12.7. The predicted octanol–water partition coefficient (Wildman–Crippen LogP) is 3.49. The van der Waals surface area contributed by atoms with Crippen LogP contribution in [-0.4, -0.2) is 17.1 Å². The van der Waals surface area contributed by atoms with E-state index in [2.05, 4.69) is 42.0 Å².